The number of hydrogen-bond acceptors (Lipinski definition) is 2. The predicted molar refractivity (Wildman–Crippen MR) is 48.8 cm³/mol. The Hall–Kier alpha value is -1.11. The molecule has 0 aromatic rings. The first-order valence-electron chi connectivity index (χ1n) is 4.56. The third kappa shape index (κ3) is 6.41. The minimum absolute atomic E-state index is 0.249. The number of carbonyl (C=O) groups excluding carboxylic acids is 1. The maximum absolute atomic E-state index is 12.0. The van der Waals surface area contributed by atoms with Gasteiger partial charge in [-0.2, -0.15) is 0 Å². The summed E-state index contributed by atoms with van der Waals surface area (Å²) < 4.78 is 28.5. The number of esters is 1. The van der Waals surface area contributed by atoms with Gasteiger partial charge >= 0.3 is 5.97 Å². The lowest BCUT2D eigenvalue weighted by Gasteiger charge is -2.05. The zero-order chi connectivity index (χ0) is 11.0. The lowest BCUT2D eigenvalue weighted by molar-refractivity contribution is -0.136. The van der Waals surface area contributed by atoms with E-state index in [0.717, 1.165) is 0 Å². The van der Waals surface area contributed by atoms with E-state index in [0.29, 0.717) is 6.42 Å². The molecule has 0 aliphatic heterocycles. The molecular weight excluding hydrogens is 190 g/mol. The van der Waals surface area contributed by atoms with E-state index < -0.39 is 18.3 Å². The van der Waals surface area contributed by atoms with Crippen LogP contribution in [-0.4, -0.2) is 19.0 Å². The van der Waals surface area contributed by atoms with Crippen LogP contribution in [0.1, 0.15) is 26.7 Å². The summed E-state index contributed by atoms with van der Waals surface area (Å²) in [7, 11) is 0. The van der Waals surface area contributed by atoms with Crippen molar-refractivity contribution < 1.29 is 18.3 Å². The summed E-state index contributed by atoms with van der Waals surface area (Å²) in [5.74, 6) is 3.59. The van der Waals surface area contributed by atoms with Crippen LogP contribution in [0.2, 0.25) is 0 Å². The molecule has 0 aliphatic carbocycles. The van der Waals surface area contributed by atoms with Gasteiger partial charge < -0.3 is 4.74 Å². The second-order valence-corrected chi connectivity index (χ2v) is 2.72. The number of ether oxygens (including phenoxy) is 1. The number of rotatable bonds is 4. The molecule has 0 fully saturated rings. The van der Waals surface area contributed by atoms with Crippen LogP contribution in [0.3, 0.4) is 0 Å². The highest BCUT2D eigenvalue weighted by atomic mass is 19.3. The van der Waals surface area contributed by atoms with Crippen LogP contribution in [0.25, 0.3) is 0 Å². The monoisotopic (exact) mass is 204 g/mol. The third-order valence-electron chi connectivity index (χ3n) is 1.61. The minimum Gasteiger partial charge on any atom is -0.456 e. The van der Waals surface area contributed by atoms with Gasteiger partial charge in [0.1, 0.15) is 0 Å². The third-order valence-corrected chi connectivity index (χ3v) is 1.61. The second kappa shape index (κ2) is 7.31. The molecule has 80 valence electrons. The zero-order valence-electron chi connectivity index (χ0n) is 8.35. The van der Waals surface area contributed by atoms with Crippen molar-refractivity contribution in [3.8, 4) is 11.8 Å². The Bertz CT molecular complexity index is 228. The molecule has 0 spiro atoms. The molecule has 0 radical (unpaired) electrons. The number of alkyl halides is 2. The molecular formula is C10H14F2O2. The molecule has 2 nitrogen and oxygen atoms in total. The van der Waals surface area contributed by atoms with Crippen molar-refractivity contribution in [3.63, 3.8) is 0 Å². The Morgan fingerprint density at radius 2 is 2.07 bits per heavy atom. The SMILES string of the molecule is CCOC(=O)C#CC(CC)CC(F)F. The summed E-state index contributed by atoms with van der Waals surface area (Å²) in [6.07, 6.45) is -2.16. The van der Waals surface area contributed by atoms with E-state index in [4.69, 9.17) is 0 Å². The topological polar surface area (TPSA) is 26.3 Å². The van der Waals surface area contributed by atoms with Gasteiger partial charge in [0.05, 0.1) is 6.61 Å². The maximum atomic E-state index is 12.0. The Labute approximate surface area is 82.6 Å². The Morgan fingerprint density at radius 3 is 2.50 bits per heavy atom. The van der Waals surface area contributed by atoms with Crippen molar-refractivity contribution in [3.05, 3.63) is 0 Å². The van der Waals surface area contributed by atoms with Crippen molar-refractivity contribution in [1.29, 1.82) is 0 Å². The van der Waals surface area contributed by atoms with Gasteiger partial charge in [-0.15, -0.1) is 0 Å². The number of carbonyl (C=O) groups is 1. The van der Waals surface area contributed by atoms with Crippen molar-refractivity contribution in [2.24, 2.45) is 5.92 Å². The molecule has 0 aromatic carbocycles. The minimum atomic E-state index is -2.38. The summed E-state index contributed by atoms with van der Waals surface area (Å²) >= 11 is 0. The molecule has 1 unspecified atom stereocenters. The van der Waals surface area contributed by atoms with E-state index in [1.54, 1.807) is 13.8 Å². The summed E-state index contributed by atoms with van der Waals surface area (Å²) in [5, 5.41) is 0. The second-order valence-electron chi connectivity index (χ2n) is 2.72. The molecule has 0 saturated carbocycles. The van der Waals surface area contributed by atoms with Gasteiger partial charge in [0.25, 0.3) is 0 Å². The highest BCUT2D eigenvalue weighted by Crippen LogP contribution is 2.12. The van der Waals surface area contributed by atoms with E-state index in [1.807, 2.05) is 0 Å². The van der Waals surface area contributed by atoms with Gasteiger partial charge in [0, 0.05) is 18.3 Å². The van der Waals surface area contributed by atoms with Crippen LogP contribution < -0.4 is 0 Å². The van der Waals surface area contributed by atoms with E-state index in [1.165, 1.54) is 0 Å². The molecule has 0 saturated heterocycles. The Balaban J connectivity index is 4.08. The van der Waals surface area contributed by atoms with Crippen LogP contribution in [0.5, 0.6) is 0 Å². The van der Waals surface area contributed by atoms with Gasteiger partial charge in [-0.1, -0.05) is 12.8 Å². The summed E-state index contributed by atoms with van der Waals surface area (Å²) in [5.41, 5.74) is 0. The van der Waals surface area contributed by atoms with Gasteiger partial charge in [-0.25, -0.2) is 13.6 Å². The predicted octanol–water partition coefficient (Wildman–Crippen LogP) is 2.23. The molecule has 0 heterocycles. The van der Waals surface area contributed by atoms with Crippen molar-refractivity contribution in [1.82, 2.24) is 0 Å². The van der Waals surface area contributed by atoms with Crippen molar-refractivity contribution in [2.75, 3.05) is 6.61 Å². The van der Waals surface area contributed by atoms with E-state index >= 15 is 0 Å². The lowest BCUT2D eigenvalue weighted by Crippen LogP contribution is -2.05. The van der Waals surface area contributed by atoms with Gasteiger partial charge in [-0.3, -0.25) is 0 Å². The Kier molecular flexibility index (Phi) is 6.73. The molecule has 4 heteroatoms. The summed E-state index contributed by atoms with van der Waals surface area (Å²) in [6.45, 7) is 3.67. The van der Waals surface area contributed by atoms with E-state index in [-0.39, 0.29) is 13.0 Å². The largest absolute Gasteiger partial charge is 0.456 e. The smallest absolute Gasteiger partial charge is 0.384 e. The fourth-order valence-corrected chi connectivity index (χ4v) is 0.871. The molecule has 0 rings (SSSR count). The standard InChI is InChI=1S/C10H14F2O2/c1-3-8(7-9(11)12)5-6-10(13)14-4-2/h8-9H,3-4,7H2,1-2H3. The molecule has 0 aromatic heterocycles. The van der Waals surface area contributed by atoms with Crippen molar-refractivity contribution >= 4 is 5.97 Å². The molecule has 0 amide bonds. The molecule has 0 bridgehead atoms. The highest BCUT2D eigenvalue weighted by molar-refractivity contribution is 5.88. The fourth-order valence-electron chi connectivity index (χ4n) is 0.871. The average molecular weight is 204 g/mol. The quantitative estimate of drug-likeness (QED) is 0.399. The summed E-state index contributed by atoms with van der Waals surface area (Å²) in [4.78, 5) is 10.8. The van der Waals surface area contributed by atoms with Crippen LogP contribution in [0, 0.1) is 17.8 Å². The fraction of sp³-hybridized carbons (Fsp3) is 0.700. The first kappa shape index (κ1) is 12.9. The number of hydrogen-bond donors (Lipinski definition) is 0. The van der Waals surface area contributed by atoms with Gasteiger partial charge in [0.2, 0.25) is 6.43 Å². The van der Waals surface area contributed by atoms with Gasteiger partial charge in [0.15, 0.2) is 0 Å². The first-order valence-corrected chi connectivity index (χ1v) is 4.56. The van der Waals surface area contributed by atoms with Gasteiger partial charge in [-0.05, 0) is 13.3 Å². The van der Waals surface area contributed by atoms with Crippen LogP contribution in [-0.2, 0) is 9.53 Å². The van der Waals surface area contributed by atoms with Crippen molar-refractivity contribution in [2.45, 2.75) is 33.1 Å². The molecule has 14 heavy (non-hydrogen) atoms. The average Bonchev–Trinajstić information content (AvgIpc) is 2.12. The normalized spacial score (nSPS) is 11.8. The molecule has 0 N–H and O–H groups in total. The molecule has 0 aliphatic rings. The Morgan fingerprint density at radius 1 is 1.43 bits per heavy atom. The molecule has 1 atom stereocenters. The van der Waals surface area contributed by atoms with E-state index in [2.05, 4.69) is 16.6 Å². The van der Waals surface area contributed by atoms with E-state index in [9.17, 15) is 13.6 Å². The van der Waals surface area contributed by atoms with Crippen LogP contribution >= 0.6 is 0 Å². The first-order chi connectivity index (χ1) is 6.60. The summed E-state index contributed by atoms with van der Waals surface area (Å²) in [6, 6.07) is 0. The maximum Gasteiger partial charge on any atom is 0.384 e. The van der Waals surface area contributed by atoms with Crippen LogP contribution in [0.15, 0.2) is 0 Å². The zero-order valence-corrected chi connectivity index (χ0v) is 8.35. The van der Waals surface area contributed by atoms with Crippen LogP contribution in [0.4, 0.5) is 8.78 Å². The highest BCUT2D eigenvalue weighted by Gasteiger charge is 2.10. The lowest BCUT2D eigenvalue weighted by atomic mass is 10.0. The number of halogens is 2.